The number of nitrogen functional groups attached to an aromatic ring is 1. The van der Waals surface area contributed by atoms with Gasteiger partial charge in [0, 0.05) is 10.4 Å². The van der Waals surface area contributed by atoms with Gasteiger partial charge in [0.05, 0.1) is 0 Å². The maximum Gasteiger partial charge on any atom is 0.348 e. The molecule has 0 spiro atoms. The second-order valence-corrected chi connectivity index (χ2v) is 6.88. The number of carbonyl (C=O) groups excluding carboxylic acids is 1. The average molecular weight is 395 g/mol. The van der Waals surface area contributed by atoms with Crippen molar-refractivity contribution in [3.05, 3.63) is 71.1 Å². The predicted octanol–water partition coefficient (Wildman–Crippen LogP) is 3.91. The standard InChI is InChI=1S/C19H14FN5O2S/c20-12-6-7-14-11(8-12)9-15(28-14)17(26)27-10-16-23-18(21)25-19(24-16)22-13-4-2-1-3-5-13/h1-9H,10H2,(H3,21,22,23,24,25). The van der Waals surface area contributed by atoms with Crippen molar-refractivity contribution in [3.8, 4) is 0 Å². The summed E-state index contributed by atoms with van der Waals surface area (Å²) >= 11 is 1.23. The molecule has 3 N–H and O–H groups in total. The molecule has 0 aliphatic rings. The lowest BCUT2D eigenvalue weighted by molar-refractivity contribution is 0.0468. The van der Waals surface area contributed by atoms with Crippen LogP contribution in [0.2, 0.25) is 0 Å². The Morgan fingerprint density at radius 1 is 1.11 bits per heavy atom. The van der Waals surface area contributed by atoms with Gasteiger partial charge in [-0.1, -0.05) is 18.2 Å². The van der Waals surface area contributed by atoms with E-state index in [0.717, 1.165) is 10.4 Å². The zero-order valence-corrected chi connectivity index (χ0v) is 15.2. The highest BCUT2D eigenvalue weighted by Crippen LogP contribution is 2.27. The Morgan fingerprint density at radius 3 is 2.75 bits per heavy atom. The quantitative estimate of drug-likeness (QED) is 0.494. The number of anilines is 3. The van der Waals surface area contributed by atoms with Gasteiger partial charge in [0.2, 0.25) is 11.9 Å². The SMILES string of the molecule is Nc1nc(COC(=O)c2cc3cc(F)ccc3s2)nc(Nc2ccccc2)n1. The highest BCUT2D eigenvalue weighted by molar-refractivity contribution is 7.20. The Bertz CT molecular complexity index is 1150. The number of aromatic nitrogens is 3. The van der Waals surface area contributed by atoms with Crippen LogP contribution in [0, 0.1) is 5.82 Å². The number of carbonyl (C=O) groups is 1. The van der Waals surface area contributed by atoms with Gasteiger partial charge in [0.1, 0.15) is 10.7 Å². The Morgan fingerprint density at radius 2 is 1.93 bits per heavy atom. The van der Waals surface area contributed by atoms with Crippen LogP contribution in [-0.4, -0.2) is 20.9 Å². The molecule has 4 rings (SSSR count). The minimum atomic E-state index is -0.543. The van der Waals surface area contributed by atoms with Crippen LogP contribution in [0.3, 0.4) is 0 Å². The molecule has 0 saturated carbocycles. The van der Waals surface area contributed by atoms with Crippen molar-refractivity contribution in [2.75, 3.05) is 11.1 Å². The number of para-hydroxylation sites is 1. The first kappa shape index (κ1) is 17.8. The molecule has 4 aromatic rings. The number of benzene rings is 2. The van der Waals surface area contributed by atoms with Crippen LogP contribution in [0.1, 0.15) is 15.5 Å². The van der Waals surface area contributed by atoms with E-state index in [0.29, 0.717) is 10.3 Å². The molecular formula is C19H14FN5O2S. The maximum atomic E-state index is 13.3. The first-order valence-corrected chi connectivity index (χ1v) is 9.07. The van der Waals surface area contributed by atoms with Crippen LogP contribution in [0.15, 0.2) is 54.6 Å². The van der Waals surface area contributed by atoms with E-state index in [4.69, 9.17) is 10.5 Å². The Balaban J connectivity index is 1.47. The van der Waals surface area contributed by atoms with Crippen LogP contribution >= 0.6 is 11.3 Å². The van der Waals surface area contributed by atoms with E-state index in [1.807, 2.05) is 30.3 Å². The second kappa shape index (κ2) is 7.57. The number of ether oxygens (including phenoxy) is 1. The topological polar surface area (TPSA) is 103 Å². The molecule has 9 heteroatoms. The molecule has 28 heavy (non-hydrogen) atoms. The van der Waals surface area contributed by atoms with E-state index in [2.05, 4.69) is 20.3 Å². The summed E-state index contributed by atoms with van der Waals surface area (Å²) < 4.78 is 19.4. The first-order chi connectivity index (χ1) is 13.6. The van der Waals surface area contributed by atoms with Crippen molar-refractivity contribution < 1.29 is 13.9 Å². The number of nitrogens with two attached hydrogens (primary N) is 1. The lowest BCUT2D eigenvalue weighted by atomic mass is 10.2. The Hall–Kier alpha value is -3.59. The molecule has 0 atom stereocenters. The molecule has 0 amide bonds. The summed E-state index contributed by atoms with van der Waals surface area (Å²) in [4.78, 5) is 24.9. The highest BCUT2D eigenvalue weighted by atomic mass is 32.1. The zero-order valence-electron chi connectivity index (χ0n) is 14.4. The van der Waals surface area contributed by atoms with Crippen molar-refractivity contribution in [2.45, 2.75) is 6.61 Å². The Labute approximate surface area is 163 Å². The van der Waals surface area contributed by atoms with Crippen molar-refractivity contribution in [1.82, 2.24) is 15.0 Å². The predicted molar refractivity (Wildman–Crippen MR) is 105 cm³/mol. The largest absolute Gasteiger partial charge is 0.453 e. The lowest BCUT2D eigenvalue weighted by Gasteiger charge is -2.07. The highest BCUT2D eigenvalue weighted by Gasteiger charge is 2.14. The van der Waals surface area contributed by atoms with Gasteiger partial charge in [0.15, 0.2) is 12.4 Å². The fourth-order valence-corrected chi connectivity index (χ4v) is 3.46. The van der Waals surface area contributed by atoms with E-state index >= 15 is 0 Å². The molecule has 0 fully saturated rings. The molecule has 140 valence electrons. The van der Waals surface area contributed by atoms with Gasteiger partial charge in [-0.2, -0.15) is 15.0 Å². The number of esters is 1. The van der Waals surface area contributed by atoms with Crippen LogP contribution in [0.4, 0.5) is 22.0 Å². The van der Waals surface area contributed by atoms with E-state index < -0.39 is 5.97 Å². The first-order valence-electron chi connectivity index (χ1n) is 8.25. The summed E-state index contributed by atoms with van der Waals surface area (Å²) in [6, 6.07) is 15.3. The lowest BCUT2D eigenvalue weighted by Crippen LogP contribution is -2.10. The number of nitrogens with one attached hydrogen (secondary N) is 1. The third-order valence-electron chi connectivity index (χ3n) is 3.74. The van der Waals surface area contributed by atoms with Gasteiger partial charge in [-0.15, -0.1) is 11.3 Å². The number of nitrogens with zero attached hydrogens (tertiary/aromatic N) is 3. The maximum absolute atomic E-state index is 13.3. The van der Waals surface area contributed by atoms with Crippen molar-refractivity contribution in [1.29, 1.82) is 0 Å². The molecule has 2 aromatic heterocycles. The normalized spacial score (nSPS) is 10.8. The van der Waals surface area contributed by atoms with Crippen molar-refractivity contribution in [2.24, 2.45) is 0 Å². The fourth-order valence-electron chi connectivity index (χ4n) is 2.53. The van der Waals surface area contributed by atoms with Crippen molar-refractivity contribution in [3.63, 3.8) is 0 Å². The molecule has 2 aromatic carbocycles. The second-order valence-electron chi connectivity index (χ2n) is 5.79. The smallest absolute Gasteiger partial charge is 0.348 e. The minimum absolute atomic E-state index is 0.0109. The molecule has 0 saturated heterocycles. The van der Waals surface area contributed by atoms with Gasteiger partial charge < -0.3 is 15.8 Å². The molecule has 0 radical (unpaired) electrons. The van der Waals surface area contributed by atoms with Crippen LogP contribution in [-0.2, 0) is 11.3 Å². The van der Waals surface area contributed by atoms with E-state index in [1.165, 1.54) is 23.5 Å². The number of fused-ring (bicyclic) bond motifs is 1. The van der Waals surface area contributed by atoms with Gasteiger partial charge in [-0.25, -0.2) is 9.18 Å². The minimum Gasteiger partial charge on any atom is -0.453 e. The average Bonchev–Trinajstić information content (AvgIpc) is 3.10. The summed E-state index contributed by atoms with van der Waals surface area (Å²) in [5.74, 6) is -0.423. The summed E-state index contributed by atoms with van der Waals surface area (Å²) in [5.41, 5.74) is 6.51. The Kier molecular flexibility index (Phi) is 4.81. The van der Waals surface area contributed by atoms with Gasteiger partial charge in [-0.3, -0.25) is 0 Å². The number of rotatable bonds is 5. The van der Waals surface area contributed by atoms with E-state index in [9.17, 15) is 9.18 Å². The third-order valence-corrected chi connectivity index (χ3v) is 4.84. The number of halogens is 1. The fraction of sp³-hybridized carbons (Fsp3) is 0.0526. The molecule has 0 unspecified atom stereocenters. The van der Waals surface area contributed by atoms with Crippen LogP contribution in [0.5, 0.6) is 0 Å². The molecule has 0 aliphatic carbocycles. The summed E-state index contributed by atoms with van der Waals surface area (Å²) in [6.45, 7) is -0.169. The number of hydrogen-bond acceptors (Lipinski definition) is 8. The molecule has 2 heterocycles. The van der Waals surface area contributed by atoms with Gasteiger partial charge in [-0.05, 0) is 41.8 Å². The van der Waals surface area contributed by atoms with E-state index in [1.54, 1.807) is 12.1 Å². The monoisotopic (exact) mass is 395 g/mol. The van der Waals surface area contributed by atoms with Gasteiger partial charge in [0.25, 0.3) is 0 Å². The summed E-state index contributed by atoms with van der Waals surface area (Å²) in [6.07, 6.45) is 0. The van der Waals surface area contributed by atoms with Crippen molar-refractivity contribution >= 4 is 45.0 Å². The zero-order chi connectivity index (χ0) is 19.5. The molecular weight excluding hydrogens is 381 g/mol. The van der Waals surface area contributed by atoms with Crippen LogP contribution < -0.4 is 11.1 Å². The third kappa shape index (κ3) is 4.04. The molecule has 7 nitrogen and oxygen atoms in total. The van der Waals surface area contributed by atoms with Crippen LogP contribution in [0.25, 0.3) is 10.1 Å². The number of hydrogen-bond donors (Lipinski definition) is 2. The van der Waals surface area contributed by atoms with Gasteiger partial charge >= 0.3 is 5.97 Å². The molecule has 0 bridgehead atoms. The summed E-state index contributed by atoms with van der Waals surface area (Å²) in [7, 11) is 0. The molecule has 0 aliphatic heterocycles. The summed E-state index contributed by atoms with van der Waals surface area (Å²) in [5, 5.41) is 3.66. The van der Waals surface area contributed by atoms with E-state index in [-0.39, 0.29) is 30.1 Å². The number of thiophene rings is 1.